The van der Waals surface area contributed by atoms with Crippen LogP contribution < -0.4 is 0 Å². The predicted molar refractivity (Wildman–Crippen MR) is 101 cm³/mol. The number of piperidine rings is 1. The molecule has 2 rings (SSSR count). The van der Waals surface area contributed by atoms with Crippen LogP contribution in [-0.2, 0) is 9.59 Å². The number of aliphatic hydroxyl groups is 1. The van der Waals surface area contributed by atoms with Gasteiger partial charge in [0.2, 0.25) is 5.91 Å². The molecule has 0 saturated carbocycles. The van der Waals surface area contributed by atoms with E-state index in [1.165, 1.54) is 4.90 Å². The number of halogens is 4. The second kappa shape index (κ2) is 8.92. The molecule has 1 aliphatic heterocycles. The lowest BCUT2D eigenvalue weighted by Crippen LogP contribution is -2.54. The minimum Gasteiger partial charge on any atom is -0.481 e. The molecule has 1 aromatic carbocycles. The Morgan fingerprint density at radius 1 is 1.28 bits per heavy atom. The van der Waals surface area contributed by atoms with Crippen LogP contribution in [0.15, 0.2) is 24.3 Å². The van der Waals surface area contributed by atoms with Crippen molar-refractivity contribution in [2.45, 2.75) is 69.8 Å². The standard InChI is InChI=1S/C20H25ClF3NO4/c1-3-15(11-19(2,29)20(22,23)24)25-16(12-4-7-14(21)8-5-12)9-6-13(18(25)28)10-17(26)27/h4-5,7-8,13,15-16,29H,3,6,9-11H2,1-2H3,(H,26,27)/t13-,15+,16?,19?/m1/s1. The summed E-state index contributed by atoms with van der Waals surface area (Å²) >= 11 is 5.92. The van der Waals surface area contributed by atoms with Crippen molar-refractivity contribution in [2.75, 3.05) is 0 Å². The smallest absolute Gasteiger partial charge is 0.416 e. The minimum absolute atomic E-state index is 0.182. The Morgan fingerprint density at radius 2 is 1.86 bits per heavy atom. The van der Waals surface area contributed by atoms with Crippen molar-refractivity contribution >= 4 is 23.5 Å². The molecule has 1 fully saturated rings. The highest BCUT2D eigenvalue weighted by molar-refractivity contribution is 6.30. The fraction of sp³-hybridized carbons (Fsp3) is 0.600. The summed E-state index contributed by atoms with van der Waals surface area (Å²) in [4.78, 5) is 25.6. The van der Waals surface area contributed by atoms with Gasteiger partial charge < -0.3 is 15.1 Å². The van der Waals surface area contributed by atoms with Gasteiger partial charge in [-0.05, 0) is 43.9 Å². The van der Waals surface area contributed by atoms with Crippen LogP contribution in [0.3, 0.4) is 0 Å². The number of carboxylic acids is 1. The molecule has 4 atom stereocenters. The van der Waals surface area contributed by atoms with Gasteiger partial charge in [0.05, 0.1) is 12.5 Å². The van der Waals surface area contributed by atoms with Gasteiger partial charge in [-0.25, -0.2) is 0 Å². The lowest BCUT2D eigenvalue weighted by Gasteiger charge is -2.45. The van der Waals surface area contributed by atoms with E-state index in [0.717, 1.165) is 0 Å². The molecule has 1 amide bonds. The molecular formula is C20H25ClF3NO4. The number of carbonyl (C=O) groups is 2. The molecule has 162 valence electrons. The zero-order valence-corrected chi connectivity index (χ0v) is 17.0. The molecule has 9 heteroatoms. The molecule has 0 bridgehead atoms. The van der Waals surface area contributed by atoms with Gasteiger partial charge in [-0.15, -0.1) is 0 Å². The molecule has 1 heterocycles. The Labute approximate surface area is 172 Å². The third-order valence-electron chi connectivity index (χ3n) is 5.51. The first kappa shape index (κ1) is 23.5. The van der Waals surface area contributed by atoms with Crippen molar-refractivity contribution in [1.82, 2.24) is 4.90 Å². The van der Waals surface area contributed by atoms with Gasteiger partial charge in [0.25, 0.3) is 0 Å². The zero-order chi connectivity index (χ0) is 22.0. The highest BCUT2D eigenvalue weighted by atomic mass is 35.5. The average molecular weight is 436 g/mol. The molecule has 2 N–H and O–H groups in total. The topological polar surface area (TPSA) is 77.8 Å². The molecule has 0 aromatic heterocycles. The van der Waals surface area contributed by atoms with E-state index >= 15 is 0 Å². The van der Waals surface area contributed by atoms with E-state index in [4.69, 9.17) is 16.7 Å². The largest absolute Gasteiger partial charge is 0.481 e. The molecule has 1 saturated heterocycles. The minimum atomic E-state index is -4.85. The van der Waals surface area contributed by atoms with Gasteiger partial charge in [0, 0.05) is 23.4 Å². The Kier molecular flexibility index (Phi) is 7.22. The van der Waals surface area contributed by atoms with Crippen molar-refractivity contribution in [3.63, 3.8) is 0 Å². The van der Waals surface area contributed by atoms with E-state index in [1.807, 2.05) is 0 Å². The lowest BCUT2D eigenvalue weighted by molar-refractivity contribution is -0.259. The molecule has 0 spiro atoms. The molecule has 2 unspecified atom stereocenters. The quantitative estimate of drug-likeness (QED) is 0.657. The number of carboxylic acid groups (broad SMARTS) is 1. The summed E-state index contributed by atoms with van der Waals surface area (Å²) in [5.41, 5.74) is -2.26. The SMILES string of the molecule is CC[C@@H](CC(C)(O)C(F)(F)F)N1C(=O)[C@@H](CC(=O)O)CCC1c1ccc(Cl)cc1. The zero-order valence-electron chi connectivity index (χ0n) is 16.2. The normalized spacial score (nSPS) is 23.6. The summed E-state index contributed by atoms with van der Waals surface area (Å²) in [6.07, 6.45) is -5.01. The van der Waals surface area contributed by atoms with Crippen LogP contribution >= 0.6 is 11.6 Å². The lowest BCUT2D eigenvalue weighted by atomic mass is 9.83. The first-order valence-corrected chi connectivity index (χ1v) is 9.83. The van der Waals surface area contributed by atoms with Crippen LogP contribution in [0.1, 0.15) is 57.6 Å². The third kappa shape index (κ3) is 5.42. The van der Waals surface area contributed by atoms with Crippen LogP contribution in [0, 0.1) is 5.92 Å². The number of rotatable bonds is 7. The van der Waals surface area contributed by atoms with Gasteiger partial charge in [-0.2, -0.15) is 13.2 Å². The summed E-state index contributed by atoms with van der Waals surface area (Å²) in [6, 6.07) is 5.26. The number of nitrogens with zero attached hydrogens (tertiary/aromatic N) is 1. The van der Waals surface area contributed by atoms with Crippen LogP contribution in [0.4, 0.5) is 13.2 Å². The number of alkyl halides is 3. The van der Waals surface area contributed by atoms with Crippen molar-refractivity contribution in [2.24, 2.45) is 5.92 Å². The summed E-state index contributed by atoms with van der Waals surface area (Å²) in [6.45, 7) is 2.33. The van der Waals surface area contributed by atoms with E-state index in [9.17, 15) is 27.9 Å². The summed E-state index contributed by atoms with van der Waals surface area (Å²) < 4.78 is 39.8. The van der Waals surface area contributed by atoms with Crippen LogP contribution in [0.5, 0.6) is 0 Å². The van der Waals surface area contributed by atoms with Crippen molar-refractivity contribution in [3.8, 4) is 0 Å². The molecule has 5 nitrogen and oxygen atoms in total. The predicted octanol–water partition coefficient (Wildman–Crippen LogP) is 4.58. The van der Waals surface area contributed by atoms with E-state index in [1.54, 1.807) is 31.2 Å². The fourth-order valence-corrected chi connectivity index (χ4v) is 3.97. The first-order valence-electron chi connectivity index (χ1n) is 9.46. The highest BCUT2D eigenvalue weighted by Gasteiger charge is 2.52. The summed E-state index contributed by atoms with van der Waals surface area (Å²) in [5.74, 6) is -2.44. The van der Waals surface area contributed by atoms with Gasteiger partial charge in [0.15, 0.2) is 5.60 Å². The number of amides is 1. The highest BCUT2D eigenvalue weighted by Crippen LogP contribution is 2.42. The van der Waals surface area contributed by atoms with Gasteiger partial charge >= 0.3 is 12.1 Å². The van der Waals surface area contributed by atoms with Crippen molar-refractivity contribution in [3.05, 3.63) is 34.9 Å². The second-order valence-corrected chi connectivity index (χ2v) is 8.16. The Morgan fingerprint density at radius 3 is 2.34 bits per heavy atom. The maximum absolute atomic E-state index is 13.3. The monoisotopic (exact) mass is 435 g/mol. The maximum atomic E-state index is 13.3. The Hall–Kier alpha value is -1.80. The number of likely N-dealkylation sites (tertiary alicyclic amines) is 1. The molecule has 0 aliphatic carbocycles. The van der Waals surface area contributed by atoms with Crippen molar-refractivity contribution < 1.29 is 33.0 Å². The van der Waals surface area contributed by atoms with E-state index in [0.29, 0.717) is 30.4 Å². The number of aliphatic carboxylic acids is 1. The molecule has 1 aromatic rings. The molecule has 0 radical (unpaired) electrons. The first-order chi connectivity index (χ1) is 13.4. The second-order valence-electron chi connectivity index (χ2n) is 7.72. The van der Waals surface area contributed by atoms with Gasteiger partial charge in [-0.1, -0.05) is 30.7 Å². The van der Waals surface area contributed by atoms with Crippen molar-refractivity contribution in [1.29, 1.82) is 0 Å². The van der Waals surface area contributed by atoms with Crippen LogP contribution in [0.25, 0.3) is 0 Å². The number of hydrogen-bond donors (Lipinski definition) is 2. The third-order valence-corrected chi connectivity index (χ3v) is 5.76. The number of hydrogen-bond acceptors (Lipinski definition) is 3. The van der Waals surface area contributed by atoms with Gasteiger partial charge in [-0.3, -0.25) is 9.59 Å². The average Bonchev–Trinajstić information content (AvgIpc) is 2.61. The Bertz CT molecular complexity index is 736. The summed E-state index contributed by atoms with van der Waals surface area (Å²) in [5, 5.41) is 19.6. The molecule has 29 heavy (non-hydrogen) atoms. The molecule has 1 aliphatic rings. The van der Waals surface area contributed by atoms with Gasteiger partial charge in [0.1, 0.15) is 0 Å². The van der Waals surface area contributed by atoms with E-state index in [-0.39, 0.29) is 12.8 Å². The number of carbonyl (C=O) groups excluding carboxylic acids is 1. The van der Waals surface area contributed by atoms with E-state index < -0.39 is 48.1 Å². The van der Waals surface area contributed by atoms with Crippen LogP contribution in [-0.4, -0.2) is 44.8 Å². The molecular weight excluding hydrogens is 411 g/mol. The maximum Gasteiger partial charge on any atom is 0.416 e. The Balaban J connectivity index is 2.42. The fourth-order valence-electron chi connectivity index (χ4n) is 3.85. The summed E-state index contributed by atoms with van der Waals surface area (Å²) in [7, 11) is 0. The van der Waals surface area contributed by atoms with E-state index in [2.05, 4.69) is 0 Å². The van der Waals surface area contributed by atoms with Crippen LogP contribution in [0.2, 0.25) is 5.02 Å². The number of benzene rings is 1.